The van der Waals surface area contributed by atoms with Crippen molar-refractivity contribution >= 4 is 5.91 Å². The third kappa shape index (κ3) is 2.55. The maximum atomic E-state index is 11.2. The van der Waals surface area contributed by atoms with E-state index in [2.05, 4.69) is 17.1 Å². The smallest absolute Gasteiger partial charge is 0.219 e. The number of hydrogen-bond acceptors (Lipinski definition) is 2. The van der Waals surface area contributed by atoms with Crippen molar-refractivity contribution in [1.29, 1.82) is 0 Å². The number of amides is 1. The van der Waals surface area contributed by atoms with E-state index in [-0.39, 0.29) is 5.91 Å². The van der Waals surface area contributed by atoms with E-state index in [4.69, 9.17) is 0 Å². The summed E-state index contributed by atoms with van der Waals surface area (Å²) in [4.78, 5) is 17.1. The van der Waals surface area contributed by atoms with Crippen LogP contribution in [0, 0.1) is 5.92 Å². The molecule has 0 saturated carbocycles. The van der Waals surface area contributed by atoms with Crippen molar-refractivity contribution in [2.45, 2.75) is 19.8 Å². The van der Waals surface area contributed by atoms with Crippen LogP contribution in [0.3, 0.4) is 0 Å². The van der Waals surface area contributed by atoms with E-state index < -0.39 is 0 Å². The van der Waals surface area contributed by atoms with Gasteiger partial charge >= 0.3 is 0 Å². The molecule has 1 aromatic rings. The first-order valence-corrected chi connectivity index (χ1v) is 5.40. The van der Waals surface area contributed by atoms with Gasteiger partial charge in [-0.3, -0.25) is 9.78 Å². The molecule has 1 atom stereocenters. The molecule has 1 aliphatic heterocycles. The van der Waals surface area contributed by atoms with Gasteiger partial charge in [-0.1, -0.05) is 0 Å². The van der Waals surface area contributed by atoms with E-state index in [9.17, 15) is 4.79 Å². The summed E-state index contributed by atoms with van der Waals surface area (Å²) in [6, 6.07) is 4.10. The zero-order chi connectivity index (χ0) is 10.7. The summed E-state index contributed by atoms with van der Waals surface area (Å²) in [6.45, 7) is 3.48. The molecule has 3 nitrogen and oxygen atoms in total. The van der Waals surface area contributed by atoms with Gasteiger partial charge in [-0.15, -0.1) is 0 Å². The second-order valence-electron chi connectivity index (χ2n) is 4.18. The van der Waals surface area contributed by atoms with Gasteiger partial charge in [0, 0.05) is 32.4 Å². The van der Waals surface area contributed by atoms with Crippen LogP contribution in [0.5, 0.6) is 0 Å². The van der Waals surface area contributed by atoms with Gasteiger partial charge in [0.05, 0.1) is 0 Å². The molecule has 0 radical (unpaired) electrons. The number of rotatable bonds is 2. The second-order valence-corrected chi connectivity index (χ2v) is 4.18. The second kappa shape index (κ2) is 4.43. The zero-order valence-electron chi connectivity index (χ0n) is 9.02. The molecule has 2 rings (SSSR count). The topological polar surface area (TPSA) is 33.2 Å². The van der Waals surface area contributed by atoms with Crippen LogP contribution in [0.15, 0.2) is 24.5 Å². The number of likely N-dealkylation sites (tertiary alicyclic amines) is 1. The highest BCUT2D eigenvalue weighted by Gasteiger charge is 2.23. The van der Waals surface area contributed by atoms with Gasteiger partial charge in [-0.2, -0.15) is 0 Å². The van der Waals surface area contributed by atoms with Gasteiger partial charge in [0.25, 0.3) is 0 Å². The molecule has 1 amide bonds. The van der Waals surface area contributed by atoms with E-state index in [1.54, 1.807) is 6.92 Å². The van der Waals surface area contributed by atoms with E-state index >= 15 is 0 Å². The van der Waals surface area contributed by atoms with Gasteiger partial charge in [-0.25, -0.2) is 0 Å². The summed E-state index contributed by atoms with van der Waals surface area (Å²) in [5.74, 6) is 0.823. The van der Waals surface area contributed by atoms with Crippen molar-refractivity contribution in [2.75, 3.05) is 13.1 Å². The lowest BCUT2D eigenvalue weighted by Gasteiger charge is -2.13. The molecule has 2 heterocycles. The number of carbonyl (C=O) groups excluding carboxylic acids is 1. The average Bonchev–Trinajstić information content (AvgIpc) is 2.68. The Kier molecular flexibility index (Phi) is 2.99. The molecule has 1 fully saturated rings. The van der Waals surface area contributed by atoms with Crippen LogP contribution >= 0.6 is 0 Å². The largest absolute Gasteiger partial charge is 0.343 e. The summed E-state index contributed by atoms with van der Waals surface area (Å²) >= 11 is 0. The molecule has 0 aliphatic carbocycles. The Morgan fingerprint density at radius 2 is 2.27 bits per heavy atom. The van der Waals surface area contributed by atoms with Gasteiger partial charge in [-0.05, 0) is 36.5 Å². The monoisotopic (exact) mass is 204 g/mol. The van der Waals surface area contributed by atoms with Crippen molar-refractivity contribution in [1.82, 2.24) is 9.88 Å². The molecule has 0 N–H and O–H groups in total. The number of pyridine rings is 1. The highest BCUT2D eigenvalue weighted by atomic mass is 16.2. The number of aromatic nitrogens is 1. The van der Waals surface area contributed by atoms with Crippen molar-refractivity contribution in [2.24, 2.45) is 5.92 Å². The van der Waals surface area contributed by atoms with E-state index in [1.165, 1.54) is 5.56 Å². The Bertz CT molecular complexity index is 337. The first-order chi connectivity index (χ1) is 7.25. The molecule has 0 bridgehead atoms. The lowest BCUT2D eigenvalue weighted by molar-refractivity contribution is -0.127. The van der Waals surface area contributed by atoms with Crippen LogP contribution in [0.1, 0.15) is 18.9 Å². The molecule has 0 aromatic carbocycles. The Labute approximate surface area is 90.1 Å². The highest BCUT2D eigenvalue weighted by Crippen LogP contribution is 2.20. The molecule has 0 spiro atoms. The molecular formula is C12H16N2O. The minimum absolute atomic E-state index is 0.201. The van der Waals surface area contributed by atoms with E-state index in [0.29, 0.717) is 5.92 Å². The quantitative estimate of drug-likeness (QED) is 0.731. The maximum absolute atomic E-state index is 11.2. The summed E-state index contributed by atoms with van der Waals surface area (Å²) in [5, 5.41) is 0. The van der Waals surface area contributed by atoms with Gasteiger partial charge in [0.2, 0.25) is 5.91 Å². The average molecular weight is 204 g/mol. The van der Waals surface area contributed by atoms with Gasteiger partial charge < -0.3 is 4.90 Å². The first-order valence-electron chi connectivity index (χ1n) is 5.40. The maximum Gasteiger partial charge on any atom is 0.219 e. The Morgan fingerprint density at radius 1 is 1.53 bits per heavy atom. The number of hydrogen-bond donors (Lipinski definition) is 0. The van der Waals surface area contributed by atoms with Crippen LogP contribution in [0.25, 0.3) is 0 Å². The fourth-order valence-electron chi connectivity index (χ4n) is 2.14. The van der Waals surface area contributed by atoms with Crippen LogP contribution in [-0.2, 0) is 11.2 Å². The lowest BCUT2D eigenvalue weighted by Crippen LogP contribution is -2.26. The Morgan fingerprint density at radius 3 is 2.87 bits per heavy atom. The lowest BCUT2D eigenvalue weighted by atomic mass is 10.00. The minimum atomic E-state index is 0.201. The molecule has 80 valence electrons. The Balaban J connectivity index is 1.90. The fourth-order valence-corrected chi connectivity index (χ4v) is 2.14. The third-order valence-corrected chi connectivity index (χ3v) is 3.00. The minimum Gasteiger partial charge on any atom is -0.343 e. The van der Waals surface area contributed by atoms with Gasteiger partial charge in [0.15, 0.2) is 0 Å². The fraction of sp³-hybridized carbons (Fsp3) is 0.500. The molecular weight excluding hydrogens is 188 g/mol. The predicted molar refractivity (Wildman–Crippen MR) is 58.3 cm³/mol. The number of carbonyl (C=O) groups is 1. The van der Waals surface area contributed by atoms with Crippen molar-refractivity contribution in [3.8, 4) is 0 Å². The highest BCUT2D eigenvalue weighted by molar-refractivity contribution is 5.73. The van der Waals surface area contributed by atoms with Crippen LogP contribution in [0.2, 0.25) is 0 Å². The van der Waals surface area contributed by atoms with E-state index in [0.717, 1.165) is 25.9 Å². The normalized spacial score (nSPS) is 20.6. The van der Waals surface area contributed by atoms with Crippen LogP contribution < -0.4 is 0 Å². The van der Waals surface area contributed by atoms with Crippen LogP contribution in [0.4, 0.5) is 0 Å². The SMILES string of the molecule is CC(=O)N1CCC(Cc2ccncc2)C1. The summed E-state index contributed by atoms with van der Waals surface area (Å²) in [7, 11) is 0. The third-order valence-electron chi connectivity index (χ3n) is 3.00. The summed E-state index contributed by atoms with van der Waals surface area (Å²) in [6.07, 6.45) is 5.84. The Hall–Kier alpha value is -1.38. The van der Waals surface area contributed by atoms with Crippen molar-refractivity contribution < 1.29 is 4.79 Å². The molecule has 15 heavy (non-hydrogen) atoms. The van der Waals surface area contributed by atoms with Crippen molar-refractivity contribution in [3.63, 3.8) is 0 Å². The molecule has 1 aliphatic rings. The number of nitrogens with zero attached hydrogens (tertiary/aromatic N) is 2. The molecule has 1 unspecified atom stereocenters. The first kappa shape index (κ1) is 10.1. The standard InChI is InChI=1S/C12H16N2O/c1-10(15)14-7-4-12(9-14)8-11-2-5-13-6-3-11/h2-3,5-6,12H,4,7-9H2,1H3. The molecule has 1 aromatic heterocycles. The van der Waals surface area contributed by atoms with Gasteiger partial charge in [0.1, 0.15) is 0 Å². The van der Waals surface area contributed by atoms with E-state index in [1.807, 2.05) is 17.3 Å². The van der Waals surface area contributed by atoms with Crippen LogP contribution in [-0.4, -0.2) is 28.9 Å². The molecule has 3 heteroatoms. The zero-order valence-corrected chi connectivity index (χ0v) is 9.02. The predicted octanol–water partition coefficient (Wildman–Crippen LogP) is 1.49. The summed E-state index contributed by atoms with van der Waals surface area (Å²) < 4.78 is 0. The van der Waals surface area contributed by atoms with Crippen molar-refractivity contribution in [3.05, 3.63) is 30.1 Å². The molecule has 1 saturated heterocycles. The summed E-state index contributed by atoms with van der Waals surface area (Å²) in [5.41, 5.74) is 1.32.